The molecule has 1 heterocycles. The Bertz CT molecular complexity index is 773. The van der Waals surface area contributed by atoms with Crippen molar-refractivity contribution in [1.82, 2.24) is 0 Å². The molecule has 1 amide bonds. The molecule has 2 aromatic rings. The number of hydrogen-bond donors (Lipinski definition) is 2. The van der Waals surface area contributed by atoms with Crippen LogP contribution in [0.1, 0.15) is 23.7 Å². The maximum atomic E-state index is 12.0. The standard InChI is InChI=1S/C18H18N2O4/c1-12(21)13-3-2-4-14(9-13)19-8-7-18(22)20-15-5-6-16-17(10-15)24-11-23-16/h2-6,9-10,19H,7-8,11H2,1H3,(H,20,22). The Hall–Kier alpha value is -3.02. The Morgan fingerprint density at radius 3 is 2.71 bits per heavy atom. The lowest BCUT2D eigenvalue weighted by Crippen LogP contribution is -2.16. The van der Waals surface area contributed by atoms with Gasteiger partial charge in [0, 0.05) is 36.0 Å². The van der Waals surface area contributed by atoms with Crippen LogP contribution in [0.2, 0.25) is 0 Å². The maximum absolute atomic E-state index is 12.0. The molecule has 3 rings (SSSR count). The van der Waals surface area contributed by atoms with Gasteiger partial charge in [0.1, 0.15) is 0 Å². The van der Waals surface area contributed by atoms with Crippen LogP contribution in [0.4, 0.5) is 11.4 Å². The number of rotatable bonds is 6. The van der Waals surface area contributed by atoms with Gasteiger partial charge in [-0.2, -0.15) is 0 Å². The van der Waals surface area contributed by atoms with E-state index in [2.05, 4.69) is 10.6 Å². The molecule has 1 aliphatic rings. The highest BCUT2D eigenvalue weighted by molar-refractivity contribution is 5.95. The number of nitrogens with one attached hydrogen (secondary N) is 2. The number of carbonyl (C=O) groups is 2. The summed E-state index contributed by atoms with van der Waals surface area (Å²) >= 11 is 0. The number of ketones is 1. The molecule has 1 aliphatic heterocycles. The summed E-state index contributed by atoms with van der Waals surface area (Å²) in [5, 5.41) is 5.96. The Kier molecular flexibility index (Phi) is 4.65. The van der Waals surface area contributed by atoms with Gasteiger partial charge in [0.15, 0.2) is 17.3 Å². The molecule has 2 aromatic carbocycles. The van der Waals surface area contributed by atoms with Gasteiger partial charge in [-0.3, -0.25) is 9.59 Å². The molecule has 0 saturated carbocycles. The van der Waals surface area contributed by atoms with Crippen LogP contribution in [0.5, 0.6) is 11.5 Å². The van der Waals surface area contributed by atoms with E-state index < -0.39 is 0 Å². The molecule has 6 nitrogen and oxygen atoms in total. The van der Waals surface area contributed by atoms with Crippen LogP contribution in [-0.4, -0.2) is 25.0 Å². The fraction of sp³-hybridized carbons (Fsp3) is 0.222. The van der Waals surface area contributed by atoms with Crippen molar-refractivity contribution in [2.75, 3.05) is 24.0 Å². The highest BCUT2D eigenvalue weighted by atomic mass is 16.7. The van der Waals surface area contributed by atoms with Crippen molar-refractivity contribution in [3.05, 3.63) is 48.0 Å². The van der Waals surface area contributed by atoms with E-state index in [0.717, 1.165) is 5.69 Å². The van der Waals surface area contributed by atoms with Gasteiger partial charge in [0.2, 0.25) is 12.7 Å². The number of amides is 1. The second kappa shape index (κ2) is 7.04. The number of ether oxygens (including phenoxy) is 2. The number of anilines is 2. The third-order valence-electron chi connectivity index (χ3n) is 3.61. The minimum Gasteiger partial charge on any atom is -0.454 e. The van der Waals surface area contributed by atoms with E-state index in [-0.39, 0.29) is 18.5 Å². The highest BCUT2D eigenvalue weighted by Gasteiger charge is 2.14. The van der Waals surface area contributed by atoms with E-state index in [0.29, 0.717) is 35.7 Å². The van der Waals surface area contributed by atoms with Crippen LogP contribution in [-0.2, 0) is 4.79 Å². The summed E-state index contributed by atoms with van der Waals surface area (Å²) < 4.78 is 10.5. The van der Waals surface area contributed by atoms with Gasteiger partial charge in [0.05, 0.1) is 0 Å². The van der Waals surface area contributed by atoms with Crippen LogP contribution in [0.3, 0.4) is 0 Å². The first-order valence-electron chi connectivity index (χ1n) is 7.66. The molecule has 24 heavy (non-hydrogen) atoms. The third kappa shape index (κ3) is 3.84. The van der Waals surface area contributed by atoms with Gasteiger partial charge in [-0.1, -0.05) is 12.1 Å². The summed E-state index contributed by atoms with van der Waals surface area (Å²) in [6, 6.07) is 12.5. The molecule has 124 valence electrons. The second-order valence-corrected chi connectivity index (χ2v) is 5.43. The minimum atomic E-state index is -0.107. The fourth-order valence-corrected chi connectivity index (χ4v) is 2.37. The summed E-state index contributed by atoms with van der Waals surface area (Å²) in [7, 11) is 0. The van der Waals surface area contributed by atoms with Crippen LogP contribution in [0.15, 0.2) is 42.5 Å². The lowest BCUT2D eigenvalue weighted by Gasteiger charge is -2.09. The zero-order valence-corrected chi connectivity index (χ0v) is 13.3. The average Bonchev–Trinajstić information content (AvgIpc) is 3.03. The van der Waals surface area contributed by atoms with E-state index in [1.807, 2.05) is 12.1 Å². The number of carbonyl (C=O) groups excluding carboxylic acids is 2. The lowest BCUT2D eigenvalue weighted by atomic mass is 10.1. The van der Waals surface area contributed by atoms with Gasteiger partial charge in [-0.25, -0.2) is 0 Å². The first-order chi connectivity index (χ1) is 11.6. The first-order valence-corrected chi connectivity index (χ1v) is 7.66. The van der Waals surface area contributed by atoms with Gasteiger partial charge in [-0.05, 0) is 31.2 Å². The zero-order valence-electron chi connectivity index (χ0n) is 13.3. The lowest BCUT2D eigenvalue weighted by molar-refractivity contribution is -0.115. The van der Waals surface area contributed by atoms with E-state index >= 15 is 0 Å². The molecule has 6 heteroatoms. The van der Waals surface area contributed by atoms with Crippen molar-refractivity contribution < 1.29 is 19.1 Å². The van der Waals surface area contributed by atoms with Crippen molar-refractivity contribution in [2.24, 2.45) is 0 Å². The van der Waals surface area contributed by atoms with Crippen LogP contribution in [0, 0.1) is 0 Å². The smallest absolute Gasteiger partial charge is 0.231 e. The number of Topliss-reactive ketones (excluding diaryl/α,β-unsaturated/α-hetero) is 1. The van der Waals surface area contributed by atoms with Crippen LogP contribution >= 0.6 is 0 Å². The molecular formula is C18H18N2O4. The normalized spacial score (nSPS) is 11.9. The molecule has 0 aliphatic carbocycles. The SMILES string of the molecule is CC(=O)c1cccc(NCCC(=O)Nc2ccc3c(c2)OCO3)c1. The summed E-state index contributed by atoms with van der Waals surface area (Å²) in [5.41, 5.74) is 2.13. The maximum Gasteiger partial charge on any atom is 0.231 e. The molecule has 0 bridgehead atoms. The van der Waals surface area contributed by atoms with E-state index in [9.17, 15) is 9.59 Å². The average molecular weight is 326 g/mol. The second-order valence-electron chi connectivity index (χ2n) is 5.43. The van der Waals surface area contributed by atoms with E-state index in [1.165, 1.54) is 6.92 Å². The minimum absolute atomic E-state index is 0.0131. The summed E-state index contributed by atoms with van der Waals surface area (Å²) in [6.45, 7) is 2.20. The van der Waals surface area contributed by atoms with Crippen molar-refractivity contribution in [1.29, 1.82) is 0 Å². The van der Waals surface area contributed by atoms with Crippen molar-refractivity contribution in [2.45, 2.75) is 13.3 Å². The molecular weight excluding hydrogens is 308 g/mol. The van der Waals surface area contributed by atoms with Gasteiger partial charge in [0.25, 0.3) is 0 Å². The molecule has 0 fully saturated rings. The van der Waals surface area contributed by atoms with Crippen molar-refractivity contribution >= 4 is 23.1 Å². The summed E-state index contributed by atoms with van der Waals surface area (Å²) in [4.78, 5) is 23.4. The van der Waals surface area contributed by atoms with Crippen molar-refractivity contribution in [3.63, 3.8) is 0 Å². The fourth-order valence-electron chi connectivity index (χ4n) is 2.37. The van der Waals surface area contributed by atoms with Gasteiger partial charge < -0.3 is 20.1 Å². The molecule has 0 saturated heterocycles. The monoisotopic (exact) mass is 326 g/mol. The Labute approximate surface area is 139 Å². The van der Waals surface area contributed by atoms with Gasteiger partial charge in [-0.15, -0.1) is 0 Å². The zero-order chi connectivity index (χ0) is 16.9. The highest BCUT2D eigenvalue weighted by Crippen LogP contribution is 2.34. The van der Waals surface area contributed by atoms with Crippen molar-refractivity contribution in [3.8, 4) is 11.5 Å². The third-order valence-corrected chi connectivity index (χ3v) is 3.61. The van der Waals surface area contributed by atoms with Crippen LogP contribution in [0.25, 0.3) is 0 Å². The number of benzene rings is 2. The Morgan fingerprint density at radius 2 is 1.88 bits per heavy atom. The summed E-state index contributed by atoms with van der Waals surface area (Å²) in [5.74, 6) is 1.22. The molecule has 0 radical (unpaired) electrons. The van der Waals surface area contributed by atoms with E-state index in [4.69, 9.17) is 9.47 Å². The largest absolute Gasteiger partial charge is 0.454 e. The summed E-state index contributed by atoms with van der Waals surface area (Å²) in [6.07, 6.45) is 0.304. The Balaban J connectivity index is 1.49. The topological polar surface area (TPSA) is 76.7 Å². The molecule has 0 spiro atoms. The predicted octanol–water partition coefficient (Wildman–Crippen LogP) is 3.06. The van der Waals surface area contributed by atoms with Gasteiger partial charge >= 0.3 is 0 Å². The van der Waals surface area contributed by atoms with Crippen LogP contribution < -0.4 is 20.1 Å². The predicted molar refractivity (Wildman–Crippen MR) is 90.7 cm³/mol. The Morgan fingerprint density at radius 1 is 1.04 bits per heavy atom. The quantitative estimate of drug-likeness (QED) is 0.798. The molecule has 2 N–H and O–H groups in total. The molecule has 0 unspecified atom stereocenters. The first kappa shape index (κ1) is 15.9. The molecule has 0 aromatic heterocycles. The number of hydrogen-bond acceptors (Lipinski definition) is 5. The van der Waals surface area contributed by atoms with E-state index in [1.54, 1.807) is 30.3 Å². The number of fused-ring (bicyclic) bond motifs is 1. The molecule has 0 atom stereocenters.